The number of hydrogen-bond acceptors (Lipinski definition) is 2. The molecule has 0 aliphatic heterocycles. The minimum absolute atomic E-state index is 0.0144. The highest BCUT2D eigenvalue weighted by atomic mass is 35.5. The lowest BCUT2D eigenvalue weighted by molar-refractivity contribution is -0.137. The summed E-state index contributed by atoms with van der Waals surface area (Å²) in [6.45, 7) is 0.0144. The molecule has 0 saturated carbocycles. The molecule has 0 spiro atoms. The number of alkyl halides is 3. The molecule has 0 bridgehead atoms. The van der Waals surface area contributed by atoms with Crippen LogP contribution in [0, 0.1) is 0 Å². The molecule has 0 fully saturated rings. The Morgan fingerprint density at radius 2 is 1.50 bits per heavy atom. The summed E-state index contributed by atoms with van der Waals surface area (Å²) in [6, 6.07) is 9.84. The molecule has 2 aromatic rings. The first-order chi connectivity index (χ1) is 10.2. The minimum Gasteiger partial charge on any atom is -0.207 e. The maximum absolute atomic E-state index is 12.4. The van der Waals surface area contributed by atoms with Crippen molar-refractivity contribution in [2.45, 2.75) is 17.6 Å². The number of rotatable bonds is 4. The maximum atomic E-state index is 12.4. The van der Waals surface area contributed by atoms with Gasteiger partial charge in [0.25, 0.3) is 0 Å². The quantitative estimate of drug-likeness (QED) is 0.911. The summed E-state index contributed by atoms with van der Waals surface area (Å²) in [4.78, 5) is -0.227. The zero-order valence-corrected chi connectivity index (χ0v) is 12.6. The summed E-state index contributed by atoms with van der Waals surface area (Å²) in [6.07, 6.45) is -4.50. The van der Waals surface area contributed by atoms with Gasteiger partial charge in [0.05, 0.1) is 10.5 Å². The van der Waals surface area contributed by atoms with Crippen LogP contribution in [0.5, 0.6) is 0 Å². The van der Waals surface area contributed by atoms with Gasteiger partial charge in [-0.3, -0.25) is 0 Å². The highest BCUT2D eigenvalue weighted by Gasteiger charge is 2.30. The molecule has 0 radical (unpaired) electrons. The van der Waals surface area contributed by atoms with Crippen molar-refractivity contribution in [2.75, 3.05) is 0 Å². The molecule has 8 heteroatoms. The Balaban J connectivity index is 2.11. The van der Waals surface area contributed by atoms with Crippen LogP contribution in [0.4, 0.5) is 13.2 Å². The lowest BCUT2D eigenvalue weighted by Crippen LogP contribution is -2.23. The van der Waals surface area contributed by atoms with Crippen LogP contribution >= 0.6 is 11.6 Å². The van der Waals surface area contributed by atoms with E-state index in [1.54, 1.807) is 24.3 Å². The Hall–Kier alpha value is -1.57. The molecule has 2 rings (SSSR count). The van der Waals surface area contributed by atoms with Gasteiger partial charge >= 0.3 is 6.18 Å². The van der Waals surface area contributed by atoms with Crippen molar-refractivity contribution in [1.82, 2.24) is 4.72 Å². The Kier molecular flexibility index (Phi) is 4.79. The molecule has 3 nitrogen and oxygen atoms in total. The van der Waals surface area contributed by atoms with Crippen molar-refractivity contribution >= 4 is 21.6 Å². The fourth-order valence-corrected chi connectivity index (χ4v) is 2.83. The van der Waals surface area contributed by atoms with E-state index < -0.39 is 21.8 Å². The van der Waals surface area contributed by atoms with Crippen LogP contribution < -0.4 is 4.72 Å². The third-order valence-electron chi connectivity index (χ3n) is 2.87. The molecule has 0 aliphatic rings. The Morgan fingerprint density at radius 1 is 0.955 bits per heavy atom. The largest absolute Gasteiger partial charge is 0.416 e. The van der Waals surface area contributed by atoms with Crippen LogP contribution in [0.3, 0.4) is 0 Å². The molecule has 1 N–H and O–H groups in total. The molecule has 22 heavy (non-hydrogen) atoms. The fraction of sp³-hybridized carbons (Fsp3) is 0.143. The minimum atomic E-state index is -4.50. The molecular formula is C14H11ClF3NO2S. The lowest BCUT2D eigenvalue weighted by Gasteiger charge is -2.09. The monoisotopic (exact) mass is 349 g/mol. The van der Waals surface area contributed by atoms with Crippen molar-refractivity contribution in [3.63, 3.8) is 0 Å². The van der Waals surface area contributed by atoms with Crippen LogP contribution in [0.15, 0.2) is 53.4 Å². The Labute approximate surface area is 130 Å². The predicted octanol–water partition coefficient (Wildman–Crippen LogP) is 3.84. The number of hydrogen-bond donors (Lipinski definition) is 1. The highest BCUT2D eigenvalue weighted by Crippen LogP contribution is 2.29. The van der Waals surface area contributed by atoms with E-state index in [1.807, 2.05) is 0 Å². The maximum Gasteiger partial charge on any atom is 0.416 e. The van der Waals surface area contributed by atoms with Gasteiger partial charge in [0.1, 0.15) is 0 Å². The van der Waals surface area contributed by atoms with E-state index in [2.05, 4.69) is 4.72 Å². The zero-order chi connectivity index (χ0) is 16.4. The highest BCUT2D eigenvalue weighted by molar-refractivity contribution is 7.89. The van der Waals surface area contributed by atoms with Gasteiger partial charge in [-0.25, -0.2) is 13.1 Å². The molecular weight excluding hydrogens is 339 g/mol. The van der Waals surface area contributed by atoms with Crippen LogP contribution in [-0.4, -0.2) is 8.42 Å². The zero-order valence-electron chi connectivity index (χ0n) is 11.1. The van der Waals surface area contributed by atoms with Gasteiger partial charge in [-0.1, -0.05) is 23.7 Å². The molecule has 0 saturated heterocycles. The summed E-state index contributed by atoms with van der Waals surface area (Å²) in [7, 11) is -3.88. The second-order valence-electron chi connectivity index (χ2n) is 4.47. The Morgan fingerprint density at radius 3 is 2.00 bits per heavy atom. The van der Waals surface area contributed by atoms with Crippen LogP contribution in [0.25, 0.3) is 0 Å². The summed E-state index contributed by atoms with van der Waals surface area (Å²) < 4.78 is 63.7. The lowest BCUT2D eigenvalue weighted by atomic mass is 10.2. The van der Waals surface area contributed by atoms with Gasteiger partial charge in [-0.2, -0.15) is 13.2 Å². The van der Waals surface area contributed by atoms with Gasteiger partial charge in [0.2, 0.25) is 10.0 Å². The molecule has 0 unspecified atom stereocenters. The van der Waals surface area contributed by atoms with Gasteiger partial charge < -0.3 is 0 Å². The van der Waals surface area contributed by atoms with E-state index in [0.29, 0.717) is 10.6 Å². The van der Waals surface area contributed by atoms with Crippen LogP contribution in [-0.2, 0) is 22.7 Å². The average molecular weight is 350 g/mol. The number of sulfonamides is 1. The summed E-state index contributed by atoms with van der Waals surface area (Å²) >= 11 is 5.72. The van der Waals surface area contributed by atoms with Crippen LogP contribution in [0.1, 0.15) is 11.1 Å². The standard InChI is InChI=1S/C14H11ClF3NO2S/c15-12-5-1-10(2-6-12)9-19-22(20,21)13-7-3-11(4-8-13)14(16,17)18/h1-8,19H,9H2. The summed E-state index contributed by atoms with van der Waals surface area (Å²) in [5.74, 6) is 0. The molecule has 2 aromatic carbocycles. The smallest absolute Gasteiger partial charge is 0.207 e. The van der Waals surface area contributed by atoms with Crippen LogP contribution in [0.2, 0.25) is 5.02 Å². The van der Waals surface area contributed by atoms with Gasteiger partial charge in [-0.05, 0) is 42.0 Å². The molecule has 118 valence electrons. The molecule has 0 amide bonds. The Bertz CT molecular complexity index is 741. The van der Waals surface area contributed by atoms with E-state index in [0.717, 1.165) is 24.3 Å². The van der Waals surface area contributed by atoms with E-state index in [-0.39, 0.29) is 11.4 Å². The van der Waals surface area contributed by atoms with Gasteiger partial charge in [0.15, 0.2) is 0 Å². The third-order valence-corrected chi connectivity index (χ3v) is 4.54. The van der Waals surface area contributed by atoms with Crippen molar-refractivity contribution in [3.8, 4) is 0 Å². The normalized spacial score (nSPS) is 12.4. The van der Waals surface area contributed by atoms with Gasteiger partial charge in [0, 0.05) is 11.6 Å². The van der Waals surface area contributed by atoms with Crippen molar-refractivity contribution < 1.29 is 21.6 Å². The van der Waals surface area contributed by atoms with Gasteiger partial charge in [-0.15, -0.1) is 0 Å². The van der Waals surface area contributed by atoms with E-state index in [9.17, 15) is 21.6 Å². The van der Waals surface area contributed by atoms with E-state index >= 15 is 0 Å². The first kappa shape index (κ1) is 16.8. The van der Waals surface area contributed by atoms with Crippen molar-refractivity contribution in [1.29, 1.82) is 0 Å². The van der Waals surface area contributed by atoms with Crippen molar-refractivity contribution in [3.05, 3.63) is 64.7 Å². The topological polar surface area (TPSA) is 46.2 Å². The van der Waals surface area contributed by atoms with E-state index in [1.165, 1.54) is 0 Å². The van der Waals surface area contributed by atoms with E-state index in [4.69, 9.17) is 11.6 Å². The SMILES string of the molecule is O=S(=O)(NCc1ccc(Cl)cc1)c1ccc(C(F)(F)F)cc1. The first-order valence-electron chi connectivity index (χ1n) is 6.10. The average Bonchev–Trinajstić information content (AvgIpc) is 2.46. The first-order valence-corrected chi connectivity index (χ1v) is 7.96. The predicted molar refractivity (Wildman–Crippen MR) is 76.9 cm³/mol. The number of nitrogens with one attached hydrogen (secondary N) is 1. The molecule has 0 heterocycles. The summed E-state index contributed by atoms with van der Waals surface area (Å²) in [5.41, 5.74) is -0.218. The summed E-state index contributed by atoms with van der Waals surface area (Å²) in [5, 5.41) is 0.523. The van der Waals surface area contributed by atoms with Crippen molar-refractivity contribution in [2.24, 2.45) is 0 Å². The number of halogens is 4. The molecule has 0 aliphatic carbocycles. The molecule has 0 atom stereocenters. The number of benzene rings is 2. The molecule has 0 aromatic heterocycles. The fourth-order valence-electron chi connectivity index (χ4n) is 1.69. The second-order valence-corrected chi connectivity index (χ2v) is 6.68. The third kappa shape index (κ3) is 4.22. The second kappa shape index (κ2) is 6.28.